The molecule has 2 amide bonds. The molecule has 2 aliphatic rings. The van der Waals surface area contributed by atoms with Crippen LogP contribution in [0.15, 0.2) is 48.5 Å². The molecular weight excluding hydrogens is 440 g/mol. The highest BCUT2D eigenvalue weighted by atomic mass is 32.2. The van der Waals surface area contributed by atoms with Gasteiger partial charge in [0.15, 0.2) is 0 Å². The molecule has 4 rings (SSSR count). The van der Waals surface area contributed by atoms with Crippen molar-refractivity contribution in [2.24, 2.45) is 5.92 Å². The van der Waals surface area contributed by atoms with Gasteiger partial charge < -0.3 is 20.1 Å². The van der Waals surface area contributed by atoms with E-state index in [1.165, 1.54) is 4.90 Å². The lowest BCUT2D eigenvalue weighted by Crippen LogP contribution is -2.48. The Balaban J connectivity index is 1.40. The van der Waals surface area contributed by atoms with Gasteiger partial charge in [-0.2, -0.15) is 11.8 Å². The molecule has 1 saturated heterocycles. The third-order valence-electron chi connectivity index (χ3n) is 6.39. The Hall–Kier alpha value is -3.00. The zero-order valence-corrected chi connectivity index (χ0v) is 19.3. The Bertz CT molecular complexity index is 997. The molecule has 1 fully saturated rings. The molecule has 1 heterocycles. The molecular formula is C25H28N2O5S. The summed E-state index contributed by atoms with van der Waals surface area (Å²) in [6, 6.07) is 15.5. The maximum Gasteiger partial charge on any atom is 0.407 e. The molecule has 0 radical (unpaired) electrons. The van der Waals surface area contributed by atoms with E-state index in [1.807, 2.05) is 30.5 Å². The number of nitrogens with one attached hydrogen (secondary N) is 1. The van der Waals surface area contributed by atoms with Crippen LogP contribution in [0.1, 0.15) is 29.9 Å². The largest absolute Gasteiger partial charge is 0.481 e. The summed E-state index contributed by atoms with van der Waals surface area (Å²) in [7, 11) is 0. The topological polar surface area (TPSA) is 95.9 Å². The highest BCUT2D eigenvalue weighted by molar-refractivity contribution is 7.98. The van der Waals surface area contributed by atoms with Crippen LogP contribution in [0.3, 0.4) is 0 Å². The number of likely N-dealkylation sites (tertiary alicyclic amines) is 1. The van der Waals surface area contributed by atoms with E-state index < -0.39 is 24.0 Å². The number of hydrogen-bond acceptors (Lipinski definition) is 5. The van der Waals surface area contributed by atoms with Crippen LogP contribution in [0.4, 0.5) is 4.79 Å². The second-order valence-corrected chi connectivity index (χ2v) is 9.40. The van der Waals surface area contributed by atoms with Crippen LogP contribution < -0.4 is 5.32 Å². The van der Waals surface area contributed by atoms with E-state index in [2.05, 4.69) is 29.6 Å². The summed E-state index contributed by atoms with van der Waals surface area (Å²) in [5.41, 5.74) is 4.55. The third kappa shape index (κ3) is 5.00. The molecule has 33 heavy (non-hydrogen) atoms. The number of fused-ring (bicyclic) bond motifs is 3. The van der Waals surface area contributed by atoms with Crippen molar-refractivity contribution in [2.45, 2.75) is 24.8 Å². The Kier molecular flexibility index (Phi) is 7.23. The first kappa shape index (κ1) is 23.2. The van der Waals surface area contributed by atoms with Crippen molar-refractivity contribution in [2.75, 3.05) is 31.7 Å². The summed E-state index contributed by atoms with van der Waals surface area (Å²) in [5, 5.41) is 12.0. The maximum absolute atomic E-state index is 13.0. The number of ether oxygens (including phenoxy) is 1. The number of aliphatic carboxylic acids is 1. The van der Waals surface area contributed by atoms with Crippen molar-refractivity contribution in [3.63, 3.8) is 0 Å². The van der Waals surface area contributed by atoms with Gasteiger partial charge >= 0.3 is 12.1 Å². The summed E-state index contributed by atoms with van der Waals surface area (Å²) in [6.45, 7) is 0.738. The summed E-state index contributed by atoms with van der Waals surface area (Å²) >= 11 is 1.58. The van der Waals surface area contributed by atoms with Crippen LogP contribution >= 0.6 is 11.8 Å². The predicted molar refractivity (Wildman–Crippen MR) is 127 cm³/mol. The Morgan fingerprint density at radius 3 is 2.33 bits per heavy atom. The van der Waals surface area contributed by atoms with E-state index in [0.717, 1.165) is 22.3 Å². The molecule has 0 spiro atoms. The van der Waals surface area contributed by atoms with E-state index >= 15 is 0 Å². The van der Waals surface area contributed by atoms with E-state index in [9.17, 15) is 19.5 Å². The third-order valence-corrected chi connectivity index (χ3v) is 7.04. The number of carboxylic acid groups (broad SMARTS) is 1. The first-order valence-corrected chi connectivity index (χ1v) is 12.5. The first-order chi connectivity index (χ1) is 16.0. The number of alkyl carbamates (subject to hydrolysis) is 1. The molecule has 0 bridgehead atoms. The number of thioether (sulfide) groups is 1. The quantitative estimate of drug-likeness (QED) is 0.615. The number of nitrogens with zero attached hydrogens (tertiary/aromatic N) is 1. The zero-order chi connectivity index (χ0) is 23.4. The normalized spacial score (nSPS) is 17.8. The van der Waals surface area contributed by atoms with Crippen molar-refractivity contribution in [3.05, 3.63) is 59.7 Å². The summed E-state index contributed by atoms with van der Waals surface area (Å²) in [4.78, 5) is 38.5. The number of carbonyl (C=O) groups excluding carboxylic acids is 2. The van der Waals surface area contributed by atoms with Gasteiger partial charge in [-0.15, -0.1) is 0 Å². The summed E-state index contributed by atoms with van der Waals surface area (Å²) < 4.78 is 5.60. The Morgan fingerprint density at radius 2 is 1.76 bits per heavy atom. The second kappa shape index (κ2) is 10.3. The number of carbonyl (C=O) groups is 3. The van der Waals surface area contributed by atoms with E-state index in [1.54, 1.807) is 11.8 Å². The molecule has 1 aliphatic heterocycles. The molecule has 2 atom stereocenters. The fraction of sp³-hybridized carbons (Fsp3) is 0.400. The maximum atomic E-state index is 13.0. The highest BCUT2D eigenvalue weighted by Gasteiger charge is 2.35. The van der Waals surface area contributed by atoms with Gasteiger partial charge in [0.05, 0.1) is 5.92 Å². The number of carboxylic acids is 1. The van der Waals surface area contributed by atoms with Crippen molar-refractivity contribution in [1.29, 1.82) is 0 Å². The summed E-state index contributed by atoms with van der Waals surface area (Å²) in [5.74, 6) is -1.06. The monoisotopic (exact) mass is 468 g/mol. The van der Waals surface area contributed by atoms with Crippen LogP contribution in [0.25, 0.3) is 11.1 Å². The van der Waals surface area contributed by atoms with Crippen LogP contribution in [-0.4, -0.2) is 65.7 Å². The van der Waals surface area contributed by atoms with Gasteiger partial charge in [0.2, 0.25) is 5.91 Å². The fourth-order valence-electron chi connectivity index (χ4n) is 4.66. The minimum absolute atomic E-state index is 0.0570. The molecule has 8 heteroatoms. The van der Waals surface area contributed by atoms with Crippen LogP contribution in [0, 0.1) is 5.92 Å². The average molecular weight is 469 g/mol. The molecule has 2 aromatic carbocycles. The van der Waals surface area contributed by atoms with E-state index in [-0.39, 0.29) is 25.0 Å². The average Bonchev–Trinajstić information content (AvgIpc) is 3.44. The lowest BCUT2D eigenvalue weighted by molar-refractivity contribution is -0.141. The first-order valence-electron chi connectivity index (χ1n) is 11.1. The van der Waals surface area contributed by atoms with Gasteiger partial charge in [0.1, 0.15) is 12.6 Å². The molecule has 2 aromatic rings. The molecule has 1 unspecified atom stereocenters. The number of rotatable bonds is 8. The zero-order valence-electron chi connectivity index (χ0n) is 18.5. The highest BCUT2D eigenvalue weighted by Crippen LogP contribution is 2.44. The minimum Gasteiger partial charge on any atom is -0.481 e. The van der Waals surface area contributed by atoms with Gasteiger partial charge in [-0.25, -0.2) is 4.79 Å². The predicted octanol–water partition coefficient (Wildman–Crippen LogP) is 3.58. The molecule has 7 nitrogen and oxygen atoms in total. The van der Waals surface area contributed by atoms with Crippen LogP contribution in [0.5, 0.6) is 0 Å². The Labute approximate surface area is 197 Å². The van der Waals surface area contributed by atoms with Gasteiger partial charge in [0.25, 0.3) is 0 Å². The van der Waals surface area contributed by atoms with Gasteiger partial charge in [-0.1, -0.05) is 48.5 Å². The van der Waals surface area contributed by atoms with Gasteiger partial charge in [0, 0.05) is 19.0 Å². The summed E-state index contributed by atoms with van der Waals surface area (Å²) in [6.07, 6.45) is 2.19. The smallest absolute Gasteiger partial charge is 0.407 e. The Morgan fingerprint density at radius 1 is 1.12 bits per heavy atom. The molecule has 0 aromatic heterocycles. The number of hydrogen-bond donors (Lipinski definition) is 2. The van der Waals surface area contributed by atoms with Crippen molar-refractivity contribution in [1.82, 2.24) is 10.2 Å². The van der Waals surface area contributed by atoms with E-state index in [0.29, 0.717) is 25.1 Å². The van der Waals surface area contributed by atoms with Crippen LogP contribution in [0.2, 0.25) is 0 Å². The standard InChI is InChI=1S/C25H28N2O5S/c1-33-13-11-22(23(28)27-12-10-16(14-27)24(29)30)26-25(31)32-15-21-19-8-4-2-6-17(19)18-7-3-5-9-20(18)21/h2-9,16,21-22H,10-15H2,1H3,(H,26,31)(H,29,30)/t16?,22-/m0/s1. The lowest BCUT2D eigenvalue weighted by atomic mass is 9.98. The lowest BCUT2D eigenvalue weighted by Gasteiger charge is -2.24. The van der Waals surface area contributed by atoms with E-state index in [4.69, 9.17) is 4.74 Å². The van der Waals surface area contributed by atoms with Crippen molar-refractivity contribution >= 4 is 29.7 Å². The minimum atomic E-state index is -0.893. The molecule has 0 saturated carbocycles. The fourth-order valence-corrected chi connectivity index (χ4v) is 5.13. The van der Waals surface area contributed by atoms with Gasteiger partial charge in [-0.3, -0.25) is 9.59 Å². The van der Waals surface area contributed by atoms with Crippen molar-refractivity contribution in [3.8, 4) is 11.1 Å². The molecule has 1 aliphatic carbocycles. The van der Waals surface area contributed by atoms with Crippen LogP contribution in [-0.2, 0) is 14.3 Å². The second-order valence-electron chi connectivity index (χ2n) is 8.41. The molecule has 2 N–H and O–H groups in total. The molecule has 174 valence electrons. The van der Waals surface area contributed by atoms with Crippen molar-refractivity contribution < 1.29 is 24.2 Å². The SMILES string of the molecule is CSCC[C@H](NC(=O)OCC1c2ccccc2-c2ccccc21)C(=O)N1CCC(C(=O)O)C1. The number of benzene rings is 2. The van der Waals surface area contributed by atoms with Gasteiger partial charge in [-0.05, 0) is 47.1 Å². The number of amides is 2.